The highest BCUT2D eigenvalue weighted by Crippen LogP contribution is 2.30. The zero-order chi connectivity index (χ0) is 14.0. The molecule has 2 rings (SSSR count). The molecule has 1 aromatic rings. The molecule has 19 heavy (non-hydrogen) atoms. The van der Waals surface area contributed by atoms with Crippen LogP contribution >= 0.6 is 0 Å². The molecule has 2 nitrogen and oxygen atoms in total. The predicted octanol–water partition coefficient (Wildman–Crippen LogP) is 2.89. The number of hydrogen-bond acceptors (Lipinski definition) is 2. The first kappa shape index (κ1) is 14.3. The van der Waals surface area contributed by atoms with Crippen LogP contribution in [0.3, 0.4) is 0 Å². The average molecular weight is 272 g/mol. The lowest BCUT2D eigenvalue weighted by Gasteiger charge is -2.39. The van der Waals surface area contributed by atoms with Gasteiger partial charge in [0.25, 0.3) is 0 Å². The minimum absolute atomic E-state index is 0.332. The second-order valence-corrected chi connectivity index (χ2v) is 5.23. The summed E-state index contributed by atoms with van der Waals surface area (Å²) in [5, 5.41) is 3.31. The molecule has 1 N–H and O–H groups in total. The third-order valence-electron chi connectivity index (χ3n) is 3.63. The molecule has 0 radical (unpaired) electrons. The van der Waals surface area contributed by atoms with Crippen molar-refractivity contribution < 1.29 is 13.2 Å². The van der Waals surface area contributed by atoms with Gasteiger partial charge in [-0.05, 0) is 25.5 Å². The second kappa shape index (κ2) is 5.51. The van der Waals surface area contributed by atoms with E-state index in [0.29, 0.717) is 18.6 Å². The van der Waals surface area contributed by atoms with Crippen molar-refractivity contribution in [1.29, 1.82) is 0 Å². The fourth-order valence-corrected chi connectivity index (χ4v) is 2.54. The molecule has 0 aliphatic carbocycles. The van der Waals surface area contributed by atoms with Gasteiger partial charge in [0, 0.05) is 31.7 Å². The number of piperazine rings is 1. The van der Waals surface area contributed by atoms with Crippen LogP contribution in [-0.2, 0) is 12.7 Å². The maximum Gasteiger partial charge on any atom is 0.416 e. The topological polar surface area (TPSA) is 15.3 Å². The van der Waals surface area contributed by atoms with Gasteiger partial charge in [0.2, 0.25) is 0 Å². The molecule has 2 atom stereocenters. The summed E-state index contributed by atoms with van der Waals surface area (Å²) in [6, 6.07) is 6.28. The van der Waals surface area contributed by atoms with E-state index < -0.39 is 11.7 Å². The summed E-state index contributed by atoms with van der Waals surface area (Å²) in [5.41, 5.74) is 0.149. The van der Waals surface area contributed by atoms with E-state index in [2.05, 4.69) is 24.1 Å². The Bertz CT molecular complexity index is 421. The van der Waals surface area contributed by atoms with E-state index >= 15 is 0 Å². The Balaban J connectivity index is 2.14. The van der Waals surface area contributed by atoms with Gasteiger partial charge in [-0.2, -0.15) is 13.2 Å². The van der Waals surface area contributed by atoms with Crippen LogP contribution in [0.2, 0.25) is 0 Å². The maximum absolute atomic E-state index is 12.7. The summed E-state index contributed by atoms with van der Waals surface area (Å²) in [5.74, 6) is 0. The van der Waals surface area contributed by atoms with Crippen LogP contribution in [0.15, 0.2) is 24.3 Å². The van der Waals surface area contributed by atoms with E-state index in [1.165, 1.54) is 12.1 Å². The first-order valence-electron chi connectivity index (χ1n) is 6.50. The van der Waals surface area contributed by atoms with Crippen LogP contribution in [-0.4, -0.2) is 30.1 Å². The molecular formula is C14H19F3N2. The molecule has 0 aromatic heterocycles. The molecular weight excluding hydrogens is 253 g/mol. The minimum atomic E-state index is -4.27. The highest BCUT2D eigenvalue weighted by atomic mass is 19.4. The molecule has 5 heteroatoms. The van der Waals surface area contributed by atoms with Gasteiger partial charge in [-0.15, -0.1) is 0 Å². The Morgan fingerprint density at radius 2 is 1.84 bits per heavy atom. The van der Waals surface area contributed by atoms with Crippen LogP contribution in [0.4, 0.5) is 13.2 Å². The van der Waals surface area contributed by atoms with Crippen molar-refractivity contribution in [2.75, 3.05) is 13.1 Å². The highest BCUT2D eigenvalue weighted by molar-refractivity contribution is 5.25. The quantitative estimate of drug-likeness (QED) is 0.890. The predicted molar refractivity (Wildman–Crippen MR) is 68.8 cm³/mol. The minimum Gasteiger partial charge on any atom is -0.314 e. The van der Waals surface area contributed by atoms with Crippen molar-refractivity contribution in [2.24, 2.45) is 0 Å². The molecule has 0 spiro atoms. The Labute approximate surface area is 111 Å². The molecule has 0 bridgehead atoms. The molecule has 1 aliphatic heterocycles. The van der Waals surface area contributed by atoms with E-state index in [4.69, 9.17) is 0 Å². The number of hydrogen-bond donors (Lipinski definition) is 1. The van der Waals surface area contributed by atoms with Gasteiger partial charge in [0.05, 0.1) is 5.56 Å². The van der Waals surface area contributed by atoms with Gasteiger partial charge in [0.15, 0.2) is 0 Å². The number of benzene rings is 1. The summed E-state index contributed by atoms with van der Waals surface area (Å²) in [6.07, 6.45) is -4.27. The Morgan fingerprint density at radius 3 is 2.42 bits per heavy atom. The third kappa shape index (κ3) is 3.48. The summed E-state index contributed by atoms with van der Waals surface area (Å²) < 4.78 is 38.0. The summed E-state index contributed by atoms with van der Waals surface area (Å²) in [7, 11) is 0. The van der Waals surface area contributed by atoms with Crippen LogP contribution in [0.25, 0.3) is 0 Å². The Morgan fingerprint density at radius 1 is 1.21 bits per heavy atom. The van der Waals surface area contributed by atoms with Gasteiger partial charge < -0.3 is 5.32 Å². The van der Waals surface area contributed by atoms with E-state index in [1.807, 2.05) is 0 Å². The first-order chi connectivity index (χ1) is 8.88. The van der Waals surface area contributed by atoms with Gasteiger partial charge in [-0.3, -0.25) is 4.90 Å². The second-order valence-electron chi connectivity index (χ2n) is 5.23. The van der Waals surface area contributed by atoms with Crippen LogP contribution in [0.1, 0.15) is 25.0 Å². The van der Waals surface area contributed by atoms with Crippen molar-refractivity contribution in [3.63, 3.8) is 0 Å². The fourth-order valence-electron chi connectivity index (χ4n) is 2.54. The zero-order valence-electron chi connectivity index (χ0n) is 11.2. The van der Waals surface area contributed by atoms with Gasteiger partial charge in [-0.1, -0.05) is 18.2 Å². The highest BCUT2D eigenvalue weighted by Gasteiger charge is 2.31. The van der Waals surface area contributed by atoms with E-state index in [9.17, 15) is 13.2 Å². The van der Waals surface area contributed by atoms with E-state index in [-0.39, 0.29) is 0 Å². The number of nitrogens with one attached hydrogen (secondary N) is 1. The normalized spacial score (nSPS) is 25.5. The van der Waals surface area contributed by atoms with Crippen molar-refractivity contribution >= 4 is 0 Å². The lowest BCUT2D eigenvalue weighted by molar-refractivity contribution is -0.137. The molecule has 2 unspecified atom stereocenters. The smallest absolute Gasteiger partial charge is 0.314 e. The van der Waals surface area contributed by atoms with Crippen molar-refractivity contribution in [3.05, 3.63) is 35.4 Å². The number of rotatable bonds is 2. The van der Waals surface area contributed by atoms with Gasteiger partial charge in [-0.25, -0.2) is 0 Å². The Kier molecular flexibility index (Phi) is 4.16. The maximum atomic E-state index is 12.7. The molecule has 1 aromatic carbocycles. The Hall–Kier alpha value is -1.07. The van der Waals surface area contributed by atoms with Gasteiger partial charge >= 0.3 is 6.18 Å². The molecule has 106 valence electrons. The van der Waals surface area contributed by atoms with Crippen molar-refractivity contribution in [3.8, 4) is 0 Å². The average Bonchev–Trinajstić information content (AvgIpc) is 2.33. The summed E-state index contributed by atoms with van der Waals surface area (Å²) in [6.45, 7) is 6.51. The molecule has 1 heterocycles. The molecule has 0 amide bonds. The molecule has 1 saturated heterocycles. The summed E-state index contributed by atoms with van der Waals surface area (Å²) in [4.78, 5) is 2.24. The van der Waals surface area contributed by atoms with E-state index in [0.717, 1.165) is 24.7 Å². The molecule has 0 saturated carbocycles. The van der Waals surface area contributed by atoms with Crippen molar-refractivity contribution in [1.82, 2.24) is 10.2 Å². The summed E-state index contributed by atoms with van der Waals surface area (Å²) >= 11 is 0. The zero-order valence-corrected chi connectivity index (χ0v) is 11.2. The largest absolute Gasteiger partial charge is 0.416 e. The standard InChI is InChI=1S/C14H19F3N2/c1-10-7-18-8-11(2)19(10)9-12-4-3-5-13(6-12)14(15,16)17/h3-6,10-11,18H,7-9H2,1-2H3. The van der Waals surface area contributed by atoms with E-state index in [1.54, 1.807) is 6.07 Å². The third-order valence-corrected chi connectivity index (χ3v) is 3.63. The SMILES string of the molecule is CC1CNCC(C)N1Cc1cccc(C(F)(F)F)c1. The van der Waals surface area contributed by atoms with Crippen LogP contribution < -0.4 is 5.32 Å². The number of nitrogens with zero attached hydrogens (tertiary/aromatic N) is 1. The van der Waals surface area contributed by atoms with Crippen LogP contribution in [0, 0.1) is 0 Å². The first-order valence-corrected chi connectivity index (χ1v) is 6.50. The lowest BCUT2D eigenvalue weighted by Crippen LogP contribution is -2.54. The number of halogens is 3. The number of alkyl halides is 3. The monoisotopic (exact) mass is 272 g/mol. The molecule has 1 aliphatic rings. The lowest BCUT2D eigenvalue weighted by atomic mass is 10.1. The van der Waals surface area contributed by atoms with Gasteiger partial charge in [0.1, 0.15) is 0 Å². The van der Waals surface area contributed by atoms with Crippen LogP contribution in [0.5, 0.6) is 0 Å². The molecule has 1 fully saturated rings. The fraction of sp³-hybridized carbons (Fsp3) is 0.571. The van der Waals surface area contributed by atoms with Crippen molar-refractivity contribution in [2.45, 2.75) is 38.7 Å².